The Morgan fingerprint density at radius 3 is 2.81 bits per heavy atom. The molecule has 1 amide bonds. The zero-order valence-electron chi connectivity index (χ0n) is 14.9. The first-order chi connectivity index (χ1) is 12.4. The predicted molar refractivity (Wildman–Crippen MR) is 99.0 cm³/mol. The highest BCUT2D eigenvalue weighted by molar-refractivity contribution is 7.09. The van der Waals surface area contributed by atoms with Crippen molar-refractivity contribution in [2.75, 3.05) is 0 Å². The fourth-order valence-electron chi connectivity index (χ4n) is 2.52. The topological polar surface area (TPSA) is 90.0 Å². The van der Waals surface area contributed by atoms with Crippen molar-refractivity contribution in [2.45, 2.75) is 39.8 Å². The summed E-state index contributed by atoms with van der Waals surface area (Å²) in [5, 5.41) is 13.0. The van der Waals surface area contributed by atoms with E-state index < -0.39 is 0 Å². The summed E-state index contributed by atoms with van der Waals surface area (Å²) in [5.74, 6) is 0.299. The van der Waals surface area contributed by atoms with Gasteiger partial charge in [-0.3, -0.25) is 9.59 Å². The molecule has 0 spiro atoms. The second-order valence-electron chi connectivity index (χ2n) is 6.28. The quantitative estimate of drug-likeness (QED) is 0.718. The molecule has 0 bridgehead atoms. The second-order valence-corrected chi connectivity index (χ2v) is 7.31. The zero-order valence-corrected chi connectivity index (χ0v) is 15.7. The molecule has 1 N–H and O–H groups in total. The van der Waals surface area contributed by atoms with E-state index in [1.165, 1.54) is 10.7 Å². The number of rotatable bonds is 6. The van der Waals surface area contributed by atoms with Gasteiger partial charge in [-0.1, -0.05) is 25.1 Å². The van der Waals surface area contributed by atoms with Crippen LogP contribution in [0.3, 0.4) is 0 Å². The smallest absolute Gasteiger partial charge is 0.267 e. The van der Waals surface area contributed by atoms with Crippen molar-refractivity contribution in [1.82, 2.24) is 20.3 Å². The Bertz CT molecular complexity index is 957. The van der Waals surface area contributed by atoms with Gasteiger partial charge in [0.25, 0.3) is 5.56 Å². The van der Waals surface area contributed by atoms with Crippen LogP contribution >= 0.6 is 11.3 Å². The lowest BCUT2D eigenvalue weighted by atomic mass is 10.0. The third-order valence-electron chi connectivity index (χ3n) is 3.80. The minimum atomic E-state index is -0.357. The van der Waals surface area contributed by atoms with Crippen LogP contribution in [-0.2, 0) is 17.9 Å². The number of hydrogen-bond acceptors (Lipinski definition) is 6. The first kappa shape index (κ1) is 18.1. The SMILES string of the molecule is Cc1cc(-c2cc(=O)n(CC(=O)NCc3cccs3)nc2C(C)C)on1. The van der Waals surface area contributed by atoms with E-state index in [-0.39, 0.29) is 23.9 Å². The van der Waals surface area contributed by atoms with Crippen LogP contribution < -0.4 is 10.9 Å². The Balaban J connectivity index is 1.82. The maximum Gasteiger partial charge on any atom is 0.267 e. The highest BCUT2D eigenvalue weighted by Gasteiger charge is 2.18. The molecule has 0 aliphatic carbocycles. The van der Waals surface area contributed by atoms with Crippen molar-refractivity contribution >= 4 is 17.2 Å². The molecule has 0 aliphatic rings. The standard InChI is InChI=1S/C18H20N4O3S/c1-11(2)18-14(15-7-12(3)21-25-15)8-17(24)22(20-18)10-16(23)19-9-13-5-4-6-26-13/h4-8,11H,9-10H2,1-3H3,(H,19,23). The van der Waals surface area contributed by atoms with Crippen LogP contribution in [0.4, 0.5) is 0 Å². The van der Waals surface area contributed by atoms with Gasteiger partial charge in [0.05, 0.1) is 17.9 Å². The van der Waals surface area contributed by atoms with Gasteiger partial charge in [0.15, 0.2) is 5.76 Å². The molecule has 7 nitrogen and oxygen atoms in total. The molecule has 136 valence electrons. The molecule has 3 aromatic rings. The van der Waals surface area contributed by atoms with Crippen LogP contribution in [0.1, 0.15) is 36.0 Å². The molecule has 0 saturated carbocycles. The van der Waals surface area contributed by atoms with Crippen molar-refractivity contribution in [3.63, 3.8) is 0 Å². The average Bonchev–Trinajstić information content (AvgIpc) is 3.25. The first-order valence-corrected chi connectivity index (χ1v) is 9.17. The van der Waals surface area contributed by atoms with Crippen LogP contribution in [0.2, 0.25) is 0 Å². The highest BCUT2D eigenvalue weighted by atomic mass is 32.1. The number of nitrogens with zero attached hydrogens (tertiary/aromatic N) is 3. The molecule has 0 aliphatic heterocycles. The van der Waals surface area contributed by atoms with E-state index >= 15 is 0 Å². The lowest BCUT2D eigenvalue weighted by molar-refractivity contribution is -0.122. The fraction of sp³-hybridized carbons (Fsp3) is 0.333. The Morgan fingerprint density at radius 1 is 1.38 bits per heavy atom. The van der Waals surface area contributed by atoms with Crippen molar-refractivity contribution in [3.8, 4) is 11.3 Å². The average molecular weight is 372 g/mol. The largest absolute Gasteiger partial charge is 0.356 e. The number of aromatic nitrogens is 3. The molecule has 0 aromatic carbocycles. The second kappa shape index (κ2) is 7.65. The number of carbonyl (C=O) groups excluding carboxylic acids is 1. The number of thiophene rings is 1. The van der Waals surface area contributed by atoms with Crippen LogP contribution in [0.25, 0.3) is 11.3 Å². The number of carbonyl (C=O) groups is 1. The molecule has 0 unspecified atom stereocenters. The Morgan fingerprint density at radius 2 is 2.19 bits per heavy atom. The lowest BCUT2D eigenvalue weighted by Gasteiger charge is -2.12. The third kappa shape index (κ3) is 4.08. The summed E-state index contributed by atoms with van der Waals surface area (Å²) in [7, 11) is 0. The van der Waals surface area contributed by atoms with Crippen LogP contribution in [-0.4, -0.2) is 20.8 Å². The van der Waals surface area contributed by atoms with Gasteiger partial charge in [-0.15, -0.1) is 11.3 Å². The molecule has 0 radical (unpaired) electrons. The summed E-state index contributed by atoms with van der Waals surface area (Å²) < 4.78 is 6.47. The van der Waals surface area contributed by atoms with Crippen LogP contribution in [0, 0.1) is 6.92 Å². The number of amides is 1. The number of nitrogens with one attached hydrogen (secondary N) is 1. The summed E-state index contributed by atoms with van der Waals surface area (Å²) in [6, 6.07) is 7.09. The van der Waals surface area contributed by atoms with Gasteiger partial charge in [0.2, 0.25) is 5.91 Å². The molecule has 8 heteroatoms. The predicted octanol–water partition coefficient (Wildman–Crippen LogP) is 2.71. The van der Waals surface area contributed by atoms with Gasteiger partial charge in [-0.25, -0.2) is 4.68 Å². The normalized spacial score (nSPS) is 11.1. The van der Waals surface area contributed by atoms with Crippen molar-refractivity contribution < 1.29 is 9.32 Å². The molecule has 26 heavy (non-hydrogen) atoms. The van der Waals surface area contributed by atoms with Crippen molar-refractivity contribution in [3.05, 3.63) is 56.3 Å². The molecule has 3 aromatic heterocycles. The van der Waals surface area contributed by atoms with E-state index in [1.54, 1.807) is 17.4 Å². The third-order valence-corrected chi connectivity index (χ3v) is 4.68. The van der Waals surface area contributed by atoms with E-state index in [1.807, 2.05) is 38.3 Å². The monoisotopic (exact) mass is 372 g/mol. The fourth-order valence-corrected chi connectivity index (χ4v) is 3.17. The maximum absolute atomic E-state index is 12.4. The molecule has 0 saturated heterocycles. The lowest BCUT2D eigenvalue weighted by Crippen LogP contribution is -2.33. The van der Waals surface area contributed by atoms with Gasteiger partial charge in [-0.2, -0.15) is 5.10 Å². The van der Waals surface area contributed by atoms with Crippen molar-refractivity contribution in [2.24, 2.45) is 0 Å². The van der Waals surface area contributed by atoms with Gasteiger partial charge in [0, 0.05) is 22.6 Å². The van der Waals surface area contributed by atoms with Gasteiger partial charge < -0.3 is 9.84 Å². The van der Waals surface area contributed by atoms with E-state index in [4.69, 9.17) is 4.52 Å². The molecule has 0 atom stereocenters. The summed E-state index contributed by atoms with van der Waals surface area (Å²) in [6.07, 6.45) is 0. The zero-order chi connectivity index (χ0) is 18.7. The van der Waals surface area contributed by atoms with E-state index in [9.17, 15) is 9.59 Å². The molecule has 0 fully saturated rings. The number of aryl methyl sites for hydroxylation is 1. The number of hydrogen-bond donors (Lipinski definition) is 1. The van der Waals surface area contributed by atoms with E-state index in [0.717, 1.165) is 10.6 Å². The molecular weight excluding hydrogens is 352 g/mol. The summed E-state index contributed by atoms with van der Waals surface area (Å²) in [6.45, 7) is 6.08. The van der Waals surface area contributed by atoms with Crippen molar-refractivity contribution in [1.29, 1.82) is 0 Å². The van der Waals surface area contributed by atoms with Gasteiger partial charge >= 0.3 is 0 Å². The molecule has 3 heterocycles. The van der Waals surface area contributed by atoms with Gasteiger partial charge in [0.1, 0.15) is 6.54 Å². The Hall–Kier alpha value is -2.74. The minimum absolute atomic E-state index is 0.0523. The summed E-state index contributed by atoms with van der Waals surface area (Å²) >= 11 is 1.57. The summed E-state index contributed by atoms with van der Waals surface area (Å²) in [5.41, 5.74) is 1.67. The minimum Gasteiger partial charge on any atom is -0.356 e. The van der Waals surface area contributed by atoms with E-state index in [0.29, 0.717) is 23.6 Å². The maximum atomic E-state index is 12.4. The highest BCUT2D eigenvalue weighted by Crippen LogP contribution is 2.26. The van der Waals surface area contributed by atoms with E-state index in [2.05, 4.69) is 15.6 Å². The van der Waals surface area contributed by atoms with Gasteiger partial charge in [-0.05, 0) is 24.3 Å². The van der Waals surface area contributed by atoms with Crippen LogP contribution in [0.5, 0.6) is 0 Å². The molecule has 3 rings (SSSR count). The summed E-state index contributed by atoms with van der Waals surface area (Å²) in [4.78, 5) is 25.6. The Kier molecular flexibility index (Phi) is 5.32. The van der Waals surface area contributed by atoms with Crippen LogP contribution in [0.15, 0.2) is 39.0 Å². The molecular formula is C18H20N4O3S. The first-order valence-electron chi connectivity index (χ1n) is 8.29. The Labute approximate surface area is 154 Å².